The highest BCUT2D eigenvalue weighted by Crippen LogP contribution is 2.28. The molecule has 2 unspecified atom stereocenters. The third-order valence-corrected chi connectivity index (χ3v) is 4.43. The van der Waals surface area contributed by atoms with Crippen LogP contribution in [0.15, 0.2) is 23.0 Å². The lowest BCUT2D eigenvalue weighted by atomic mass is 10.2. The van der Waals surface area contributed by atoms with Crippen LogP contribution in [-0.4, -0.2) is 4.98 Å². The molecule has 2 nitrogen and oxygen atoms in total. The predicted octanol–water partition coefficient (Wildman–Crippen LogP) is 4.27. The average molecular weight is 273 g/mol. The van der Waals surface area contributed by atoms with E-state index >= 15 is 0 Å². The van der Waals surface area contributed by atoms with Crippen molar-refractivity contribution in [2.75, 3.05) is 0 Å². The lowest BCUT2D eigenvalue weighted by molar-refractivity contribution is 0.493. The third-order valence-electron chi connectivity index (χ3n) is 2.42. The van der Waals surface area contributed by atoms with Crippen LogP contribution in [0.2, 0.25) is 4.34 Å². The van der Waals surface area contributed by atoms with E-state index in [1.165, 1.54) is 4.88 Å². The molecule has 0 aliphatic rings. The maximum Gasteiger partial charge on any atom is 0.0931 e. The molecule has 16 heavy (non-hydrogen) atoms. The summed E-state index contributed by atoms with van der Waals surface area (Å²) in [5, 5.41) is 5.58. The SMILES string of the molecule is CC(NC(C)c1ccc(Cl)s1)c1cscn1. The van der Waals surface area contributed by atoms with E-state index in [0.29, 0.717) is 6.04 Å². The number of thiophene rings is 1. The summed E-state index contributed by atoms with van der Waals surface area (Å²) >= 11 is 9.17. The standard InChI is InChI=1S/C11H13ClN2S2/c1-7(9-5-15-6-13-9)14-8(2)10-3-4-11(12)16-10/h3-8,14H,1-2H3. The molecule has 0 aromatic carbocycles. The lowest BCUT2D eigenvalue weighted by Gasteiger charge is -2.17. The quantitative estimate of drug-likeness (QED) is 0.899. The van der Waals surface area contributed by atoms with Crippen molar-refractivity contribution in [2.24, 2.45) is 0 Å². The van der Waals surface area contributed by atoms with Gasteiger partial charge in [0.25, 0.3) is 0 Å². The first kappa shape index (κ1) is 12.0. The van der Waals surface area contributed by atoms with Gasteiger partial charge in [-0.3, -0.25) is 0 Å². The number of thiazole rings is 1. The Balaban J connectivity index is 2.00. The van der Waals surface area contributed by atoms with Gasteiger partial charge >= 0.3 is 0 Å². The van der Waals surface area contributed by atoms with Crippen molar-refractivity contribution < 1.29 is 0 Å². The highest BCUT2D eigenvalue weighted by molar-refractivity contribution is 7.16. The maximum absolute atomic E-state index is 5.92. The largest absolute Gasteiger partial charge is 0.301 e. The van der Waals surface area contributed by atoms with Crippen molar-refractivity contribution >= 4 is 34.3 Å². The van der Waals surface area contributed by atoms with Gasteiger partial charge < -0.3 is 5.32 Å². The lowest BCUT2D eigenvalue weighted by Crippen LogP contribution is -2.21. The van der Waals surface area contributed by atoms with Gasteiger partial charge in [-0.2, -0.15) is 0 Å². The van der Waals surface area contributed by atoms with Crippen LogP contribution in [0.5, 0.6) is 0 Å². The van der Waals surface area contributed by atoms with Crippen LogP contribution in [0.1, 0.15) is 36.5 Å². The molecule has 86 valence electrons. The monoisotopic (exact) mass is 272 g/mol. The average Bonchev–Trinajstić information content (AvgIpc) is 2.87. The number of hydrogen-bond acceptors (Lipinski definition) is 4. The van der Waals surface area contributed by atoms with Gasteiger partial charge in [-0.05, 0) is 26.0 Å². The van der Waals surface area contributed by atoms with Crippen LogP contribution in [0.4, 0.5) is 0 Å². The molecule has 2 atom stereocenters. The zero-order valence-electron chi connectivity index (χ0n) is 9.11. The van der Waals surface area contributed by atoms with E-state index in [-0.39, 0.29) is 6.04 Å². The number of nitrogens with zero attached hydrogens (tertiary/aromatic N) is 1. The summed E-state index contributed by atoms with van der Waals surface area (Å²) in [6.45, 7) is 4.27. The van der Waals surface area contributed by atoms with Gasteiger partial charge in [0.15, 0.2) is 0 Å². The summed E-state index contributed by atoms with van der Waals surface area (Å²) in [6, 6.07) is 4.57. The predicted molar refractivity (Wildman–Crippen MR) is 71.4 cm³/mol. The maximum atomic E-state index is 5.92. The topological polar surface area (TPSA) is 24.9 Å². The molecule has 2 aromatic heterocycles. The fourth-order valence-corrected chi connectivity index (χ4v) is 3.26. The Hall–Kier alpha value is -0.420. The first-order valence-corrected chi connectivity index (χ1v) is 7.20. The second kappa shape index (κ2) is 5.27. The molecule has 0 aliphatic heterocycles. The normalized spacial score (nSPS) is 14.9. The van der Waals surface area contributed by atoms with Crippen molar-refractivity contribution in [3.05, 3.63) is 37.9 Å². The van der Waals surface area contributed by atoms with Gasteiger partial charge in [0.1, 0.15) is 0 Å². The number of aromatic nitrogens is 1. The van der Waals surface area contributed by atoms with E-state index in [0.717, 1.165) is 10.0 Å². The Morgan fingerprint density at radius 1 is 1.31 bits per heavy atom. The van der Waals surface area contributed by atoms with Gasteiger partial charge in [0, 0.05) is 22.3 Å². The van der Waals surface area contributed by atoms with Crippen molar-refractivity contribution in [1.82, 2.24) is 10.3 Å². The Kier molecular flexibility index (Phi) is 3.97. The molecule has 0 radical (unpaired) electrons. The zero-order chi connectivity index (χ0) is 11.5. The number of halogens is 1. The molecule has 0 spiro atoms. The number of rotatable bonds is 4. The van der Waals surface area contributed by atoms with Gasteiger partial charge in [0.05, 0.1) is 15.5 Å². The molecule has 0 fully saturated rings. The summed E-state index contributed by atoms with van der Waals surface area (Å²) in [6.07, 6.45) is 0. The van der Waals surface area contributed by atoms with Gasteiger partial charge in [0.2, 0.25) is 0 Å². The number of nitrogens with one attached hydrogen (secondary N) is 1. The van der Waals surface area contributed by atoms with Gasteiger partial charge in [-0.1, -0.05) is 11.6 Å². The van der Waals surface area contributed by atoms with Crippen LogP contribution in [-0.2, 0) is 0 Å². The highest BCUT2D eigenvalue weighted by Gasteiger charge is 2.13. The molecule has 2 aromatic rings. The van der Waals surface area contributed by atoms with E-state index in [9.17, 15) is 0 Å². The molecule has 2 heterocycles. The molecule has 0 aliphatic carbocycles. The van der Waals surface area contributed by atoms with Crippen LogP contribution in [0.25, 0.3) is 0 Å². The van der Waals surface area contributed by atoms with Crippen molar-refractivity contribution in [1.29, 1.82) is 0 Å². The Morgan fingerprint density at radius 3 is 2.69 bits per heavy atom. The fraction of sp³-hybridized carbons (Fsp3) is 0.364. The minimum absolute atomic E-state index is 0.266. The molecule has 0 bridgehead atoms. The van der Waals surface area contributed by atoms with E-state index in [4.69, 9.17) is 11.6 Å². The van der Waals surface area contributed by atoms with Crippen molar-refractivity contribution in [3.8, 4) is 0 Å². The minimum atomic E-state index is 0.266. The van der Waals surface area contributed by atoms with Crippen molar-refractivity contribution in [2.45, 2.75) is 25.9 Å². The first-order chi connectivity index (χ1) is 7.66. The third kappa shape index (κ3) is 2.83. The summed E-state index contributed by atoms with van der Waals surface area (Å²) in [7, 11) is 0. The highest BCUT2D eigenvalue weighted by atomic mass is 35.5. The van der Waals surface area contributed by atoms with E-state index in [1.54, 1.807) is 22.7 Å². The fourth-order valence-electron chi connectivity index (χ4n) is 1.54. The molecular formula is C11H13ClN2S2. The molecule has 0 saturated carbocycles. The second-order valence-electron chi connectivity index (χ2n) is 3.67. The molecule has 0 saturated heterocycles. The van der Waals surface area contributed by atoms with Crippen LogP contribution in [0.3, 0.4) is 0 Å². The van der Waals surface area contributed by atoms with E-state index in [2.05, 4.69) is 35.6 Å². The minimum Gasteiger partial charge on any atom is -0.301 e. The van der Waals surface area contributed by atoms with Crippen LogP contribution >= 0.6 is 34.3 Å². The second-order valence-corrected chi connectivity index (χ2v) is 6.13. The smallest absolute Gasteiger partial charge is 0.0931 e. The summed E-state index contributed by atoms with van der Waals surface area (Å²) in [4.78, 5) is 5.56. The molecule has 2 rings (SSSR count). The van der Waals surface area contributed by atoms with E-state index < -0.39 is 0 Å². The Morgan fingerprint density at radius 2 is 2.12 bits per heavy atom. The Bertz CT molecular complexity index is 439. The summed E-state index contributed by atoms with van der Waals surface area (Å²) in [5.41, 5.74) is 2.96. The van der Waals surface area contributed by atoms with Gasteiger partial charge in [-0.15, -0.1) is 22.7 Å². The summed E-state index contributed by atoms with van der Waals surface area (Å²) in [5.74, 6) is 0. The molecule has 1 N–H and O–H groups in total. The van der Waals surface area contributed by atoms with Crippen molar-refractivity contribution in [3.63, 3.8) is 0 Å². The molecule has 0 amide bonds. The number of hydrogen-bond donors (Lipinski definition) is 1. The van der Waals surface area contributed by atoms with E-state index in [1.807, 2.05) is 11.6 Å². The van der Waals surface area contributed by atoms with Crippen LogP contribution < -0.4 is 5.32 Å². The summed E-state index contributed by atoms with van der Waals surface area (Å²) < 4.78 is 0.838. The molecular weight excluding hydrogens is 260 g/mol. The van der Waals surface area contributed by atoms with Gasteiger partial charge in [-0.25, -0.2) is 4.98 Å². The Labute approximate surface area is 108 Å². The first-order valence-electron chi connectivity index (χ1n) is 5.06. The zero-order valence-corrected chi connectivity index (χ0v) is 11.5. The molecule has 5 heteroatoms. The van der Waals surface area contributed by atoms with Crippen LogP contribution in [0, 0.1) is 0 Å².